The number of rotatable bonds is 10. The molecule has 2 rings (SSSR count). The molecule has 33 heavy (non-hydrogen) atoms. The number of nitrogens with zero attached hydrogens (tertiary/aromatic N) is 2. The Kier molecular flexibility index (Phi) is 8.39. The Hall–Kier alpha value is -3.18. The fourth-order valence-corrected chi connectivity index (χ4v) is 4.89. The maximum atomic E-state index is 13.1. The third-order valence-corrected chi connectivity index (χ3v) is 7.28. The van der Waals surface area contributed by atoms with E-state index in [1.165, 1.54) is 23.5 Å². The Morgan fingerprint density at radius 3 is 2.24 bits per heavy atom. The van der Waals surface area contributed by atoms with Gasteiger partial charge in [-0.15, -0.1) is 0 Å². The minimum Gasteiger partial charge on any atom is -0.493 e. The number of aryl methyl sites for hydroxylation is 1. The predicted molar refractivity (Wildman–Crippen MR) is 125 cm³/mol. The van der Waals surface area contributed by atoms with Gasteiger partial charge < -0.3 is 14.8 Å². The molecule has 2 aromatic rings. The minimum absolute atomic E-state index is 0.0313. The second-order valence-corrected chi connectivity index (χ2v) is 9.10. The molecule has 0 saturated heterocycles. The SMILES string of the molecule is CCOc1cc(C(=O)Nc2cc(S(=O)(=O)N(CC)CC)cc(C)c2C)c([N+](=O)[O-])cc1OC. The van der Waals surface area contributed by atoms with Crippen LogP contribution in [0.1, 0.15) is 42.3 Å². The molecular formula is C22H29N3O7S. The third-order valence-electron chi connectivity index (χ3n) is 5.26. The Labute approximate surface area is 193 Å². The largest absolute Gasteiger partial charge is 0.493 e. The minimum atomic E-state index is -3.77. The number of benzene rings is 2. The van der Waals surface area contributed by atoms with Gasteiger partial charge in [0.2, 0.25) is 10.0 Å². The highest BCUT2D eigenvalue weighted by Crippen LogP contribution is 2.35. The summed E-state index contributed by atoms with van der Waals surface area (Å²) < 4.78 is 37.9. The Morgan fingerprint density at radius 1 is 1.09 bits per heavy atom. The molecule has 0 heterocycles. The average molecular weight is 480 g/mol. The monoisotopic (exact) mass is 479 g/mol. The number of carbonyl (C=O) groups is 1. The lowest BCUT2D eigenvalue weighted by Gasteiger charge is -2.20. The van der Waals surface area contributed by atoms with Crippen molar-refractivity contribution in [3.63, 3.8) is 0 Å². The summed E-state index contributed by atoms with van der Waals surface area (Å²) in [5, 5.41) is 14.2. The molecule has 0 aliphatic carbocycles. The van der Waals surface area contributed by atoms with Crippen LogP contribution in [0.25, 0.3) is 0 Å². The number of nitro benzene ring substituents is 1. The number of sulfonamides is 1. The highest BCUT2D eigenvalue weighted by Gasteiger charge is 2.27. The van der Waals surface area contributed by atoms with Crippen LogP contribution >= 0.6 is 0 Å². The van der Waals surface area contributed by atoms with Gasteiger partial charge in [-0.25, -0.2) is 8.42 Å². The molecule has 2 aromatic carbocycles. The summed E-state index contributed by atoms with van der Waals surface area (Å²) in [4.78, 5) is 24.0. The van der Waals surface area contributed by atoms with E-state index in [4.69, 9.17) is 9.47 Å². The molecule has 0 fully saturated rings. The molecule has 0 unspecified atom stereocenters. The first-order valence-corrected chi connectivity index (χ1v) is 11.9. The molecule has 1 N–H and O–H groups in total. The maximum absolute atomic E-state index is 13.1. The summed E-state index contributed by atoms with van der Waals surface area (Å²) in [5.41, 5.74) is 0.835. The number of nitrogens with one attached hydrogen (secondary N) is 1. The van der Waals surface area contributed by atoms with E-state index in [0.717, 1.165) is 6.07 Å². The maximum Gasteiger partial charge on any atom is 0.286 e. The van der Waals surface area contributed by atoms with Crippen LogP contribution in [0.5, 0.6) is 11.5 Å². The van der Waals surface area contributed by atoms with Crippen LogP contribution in [0.4, 0.5) is 11.4 Å². The summed E-state index contributed by atoms with van der Waals surface area (Å²) in [7, 11) is -2.43. The van der Waals surface area contributed by atoms with E-state index in [2.05, 4.69) is 5.32 Å². The average Bonchev–Trinajstić information content (AvgIpc) is 2.76. The standard InChI is InChI=1S/C22H29N3O7S/c1-7-24(8-2)33(29,30)16-10-14(4)15(5)18(11-16)23-22(26)17-12-21(32-9-3)20(31-6)13-19(17)25(27)28/h10-13H,7-9H2,1-6H3,(H,23,26). The van der Waals surface area contributed by atoms with E-state index in [1.54, 1.807) is 40.7 Å². The highest BCUT2D eigenvalue weighted by molar-refractivity contribution is 7.89. The highest BCUT2D eigenvalue weighted by atomic mass is 32.2. The molecule has 0 aliphatic rings. The van der Waals surface area contributed by atoms with Gasteiger partial charge >= 0.3 is 0 Å². The lowest BCUT2D eigenvalue weighted by Crippen LogP contribution is -2.30. The molecular weight excluding hydrogens is 450 g/mol. The van der Waals surface area contributed by atoms with E-state index < -0.39 is 26.5 Å². The van der Waals surface area contributed by atoms with Crippen molar-refractivity contribution in [1.82, 2.24) is 4.31 Å². The van der Waals surface area contributed by atoms with E-state index in [-0.39, 0.29) is 34.3 Å². The van der Waals surface area contributed by atoms with Gasteiger partial charge in [-0.1, -0.05) is 13.8 Å². The molecule has 0 aliphatic heterocycles. The van der Waals surface area contributed by atoms with Crippen LogP contribution in [0, 0.1) is 24.0 Å². The van der Waals surface area contributed by atoms with Crippen molar-refractivity contribution in [2.24, 2.45) is 0 Å². The molecule has 0 radical (unpaired) electrons. The first-order chi connectivity index (χ1) is 15.5. The summed E-state index contributed by atoms with van der Waals surface area (Å²) in [6.07, 6.45) is 0. The zero-order chi connectivity index (χ0) is 24.9. The first-order valence-electron chi connectivity index (χ1n) is 10.4. The molecule has 10 nitrogen and oxygen atoms in total. The van der Waals surface area contributed by atoms with E-state index in [9.17, 15) is 23.3 Å². The van der Waals surface area contributed by atoms with Crippen molar-refractivity contribution in [2.45, 2.75) is 39.5 Å². The summed E-state index contributed by atoms with van der Waals surface area (Å²) in [6.45, 7) is 9.53. The quantitative estimate of drug-likeness (QED) is 0.404. The molecule has 1 amide bonds. The number of hydrogen-bond acceptors (Lipinski definition) is 7. The van der Waals surface area contributed by atoms with Crippen LogP contribution < -0.4 is 14.8 Å². The third kappa shape index (κ3) is 5.42. The molecule has 0 atom stereocenters. The van der Waals surface area contributed by atoms with Crippen LogP contribution in [-0.2, 0) is 10.0 Å². The zero-order valence-electron chi connectivity index (χ0n) is 19.6. The number of anilines is 1. The van der Waals surface area contributed by atoms with Gasteiger partial charge in [-0.3, -0.25) is 14.9 Å². The topological polar surface area (TPSA) is 128 Å². The fraction of sp³-hybridized carbons (Fsp3) is 0.409. The number of methoxy groups -OCH3 is 1. The van der Waals surface area contributed by atoms with Gasteiger partial charge in [0.05, 0.1) is 29.6 Å². The lowest BCUT2D eigenvalue weighted by molar-refractivity contribution is -0.385. The number of hydrogen-bond donors (Lipinski definition) is 1. The number of carbonyl (C=O) groups excluding carboxylic acids is 1. The van der Waals surface area contributed by atoms with Crippen molar-refractivity contribution in [1.29, 1.82) is 0 Å². The van der Waals surface area contributed by atoms with Gasteiger partial charge in [-0.05, 0) is 44.0 Å². The van der Waals surface area contributed by atoms with Gasteiger partial charge in [0.1, 0.15) is 5.56 Å². The predicted octanol–water partition coefficient (Wildman–Crippen LogP) is 3.90. The van der Waals surface area contributed by atoms with Crippen molar-refractivity contribution in [3.8, 4) is 11.5 Å². The Bertz CT molecular complexity index is 1160. The molecule has 0 bridgehead atoms. The van der Waals surface area contributed by atoms with Crippen LogP contribution in [-0.4, -0.2) is 50.4 Å². The van der Waals surface area contributed by atoms with Crippen molar-refractivity contribution in [3.05, 3.63) is 51.1 Å². The van der Waals surface area contributed by atoms with Gasteiger partial charge in [-0.2, -0.15) is 4.31 Å². The summed E-state index contributed by atoms with van der Waals surface area (Å²) >= 11 is 0. The van der Waals surface area contributed by atoms with Crippen molar-refractivity contribution in [2.75, 3.05) is 32.1 Å². The normalized spacial score (nSPS) is 11.4. The second-order valence-electron chi connectivity index (χ2n) is 7.17. The second kappa shape index (κ2) is 10.6. The van der Waals surface area contributed by atoms with Crippen molar-refractivity contribution >= 4 is 27.3 Å². The smallest absolute Gasteiger partial charge is 0.286 e. The Balaban J connectivity index is 2.58. The summed E-state index contributed by atoms with van der Waals surface area (Å²) in [5.74, 6) is -0.467. The van der Waals surface area contributed by atoms with E-state index in [1.807, 2.05) is 0 Å². The summed E-state index contributed by atoms with van der Waals surface area (Å²) in [6, 6.07) is 5.28. The fourth-order valence-electron chi connectivity index (χ4n) is 3.32. The molecule has 0 spiro atoms. The van der Waals surface area contributed by atoms with E-state index >= 15 is 0 Å². The molecule has 180 valence electrons. The number of amides is 1. The zero-order valence-corrected chi connectivity index (χ0v) is 20.4. The van der Waals surface area contributed by atoms with Crippen LogP contribution in [0.15, 0.2) is 29.2 Å². The number of ether oxygens (including phenoxy) is 2. The van der Waals surface area contributed by atoms with Gasteiger partial charge in [0.15, 0.2) is 11.5 Å². The van der Waals surface area contributed by atoms with Gasteiger partial charge in [0.25, 0.3) is 11.6 Å². The molecule has 0 saturated carbocycles. The van der Waals surface area contributed by atoms with Crippen LogP contribution in [0.2, 0.25) is 0 Å². The van der Waals surface area contributed by atoms with E-state index in [0.29, 0.717) is 24.2 Å². The van der Waals surface area contributed by atoms with Gasteiger partial charge in [0, 0.05) is 24.8 Å². The van der Waals surface area contributed by atoms with Crippen molar-refractivity contribution < 1.29 is 27.6 Å². The van der Waals surface area contributed by atoms with Crippen LogP contribution in [0.3, 0.4) is 0 Å². The first kappa shape index (κ1) is 26.1. The number of nitro groups is 1. The lowest BCUT2D eigenvalue weighted by atomic mass is 10.1. The Morgan fingerprint density at radius 2 is 1.73 bits per heavy atom. The molecule has 0 aromatic heterocycles. The molecule has 11 heteroatoms.